The van der Waals surface area contributed by atoms with Crippen LogP contribution in [0.5, 0.6) is 0 Å². The van der Waals surface area contributed by atoms with Gasteiger partial charge >= 0.3 is 0 Å². The van der Waals surface area contributed by atoms with E-state index < -0.39 is 0 Å². The Bertz CT molecular complexity index is 297. The highest BCUT2D eigenvalue weighted by Crippen LogP contribution is 2.39. The second-order valence-corrected chi connectivity index (χ2v) is 8.79. The van der Waals surface area contributed by atoms with E-state index in [2.05, 4.69) is 39.9 Å². The van der Waals surface area contributed by atoms with Gasteiger partial charge in [0.1, 0.15) is 0 Å². The summed E-state index contributed by atoms with van der Waals surface area (Å²) in [5, 5.41) is 3.82. The summed E-state index contributed by atoms with van der Waals surface area (Å²) in [6.07, 6.45) is 8.03. The van der Waals surface area contributed by atoms with Gasteiger partial charge in [-0.1, -0.05) is 20.8 Å². The van der Waals surface area contributed by atoms with Crippen molar-refractivity contribution in [2.75, 3.05) is 13.2 Å². The van der Waals surface area contributed by atoms with Crippen molar-refractivity contribution in [1.29, 1.82) is 0 Å². The van der Waals surface area contributed by atoms with Crippen LogP contribution in [0.15, 0.2) is 0 Å². The molecule has 0 bridgehead atoms. The minimum Gasteiger partial charge on any atom is -0.375 e. The average Bonchev–Trinajstić information content (AvgIpc) is 2.35. The third kappa shape index (κ3) is 4.73. The van der Waals surface area contributed by atoms with Crippen LogP contribution in [0.1, 0.15) is 73.1 Å². The molecule has 20 heavy (non-hydrogen) atoms. The molecule has 2 rings (SSSR count). The second-order valence-electron chi connectivity index (χ2n) is 8.79. The van der Waals surface area contributed by atoms with Crippen molar-refractivity contribution in [3.05, 3.63) is 0 Å². The standard InChI is InChI=1S/C18H35NO/c1-17(2,3)15-8-6-14(7-9-15)13-19-16-10-11-20-18(4,5)12-16/h14-16,19H,6-13H2,1-5H3. The van der Waals surface area contributed by atoms with Crippen molar-refractivity contribution in [1.82, 2.24) is 5.32 Å². The molecule has 2 aliphatic rings. The SMILES string of the molecule is CC1(C)CC(NCC2CCC(C(C)(C)C)CC2)CCO1. The van der Waals surface area contributed by atoms with Crippen LogP contribution in [-0.2, 0) is 4.74 Å². The molecule has 2 nitrogen and oxygen atoms in total. The smallest absolute Gasteiger partial charge is 0.0641 e. The third-order valence-corrected chi connectivity index (χ3v) is 5.46. The Labute approximate surface area is 126 Å². The van der Waals surface area contributed by atoms with Crippen molar-refractivity contribution >= 4 is 0 Å². The maximum atomic E-state index is 5.80. The molecule has 118 valence electrons. The number of hydrogen-bond acceptors (Lipinski definition) is 2. The van der Waals surface area contributed by atoms with E-state index in [4.69, 9.17) is 4.74 Å². The van der Waals surface area contributed by atoms with Crippen LogP contribution in [0.4, 0.5) is 0 Å². The summed E-state index contributed by atoms with van der Waals surface area (Å²) >= 11 is 0. The number of rotatable bonds is 3. The zero-order valence-electron chi connectivity index (χ0n) is 14.3. The monoisotopic (exact) mass is 281 g/mol. The second kappa shape index (κ2) is 6.36. The maximum Gasteiger partial charge on any atom is 0.0641 e. The van der Waals surface area contributed by atoms with E-state index in [0.29, 0.717) is 11.5 Å². The van der Waals surface area contributed by atoms with E-state index in [1.165, 1.54) is 38.6 Å². The molecule has 2 heteroatoms. The van der Waals surface area contributed by atoms with Gasteiger partial charge in [0, 0.05) is 12.6 Å². The lowest BCUT2D eigenvalue weighted by molar-refractivity contribution is -0.0634. The summed E-state index contributed by atoms with van der Waals surface area (Å²) in [5.41, 5.74) is 0.572. The normalized spacial score (nSPS) is 35.0. The number of ether oxygens (including phenoxy) is 1. The summed E-state index contributed by atoms with van der Waals surface area (Å²) in [4.78, 5) is 0. The Morgan fingerprint density at radius 3 is 2.25 bits per heavy atom. The third-order valence-electron chi connectivity index (χ3n) is 5.46. The highest BCUT2D eigenvalue weighted by Gasteiger charge is 2.31. The molecule has 1 saturated carbocycles. The van der Waals surface area contributed by atoms with Crippen LogP contribution in [0.3, 0.4) is 0 Å². The van der Waals surface area contributed by atoms with E-state index >= 15 is 0 Å². The van der Waals surface area contributed by atoms with Gasteiger partial charge in [0.15, 0.2) is 0 Å². The Hall–Kier alpha value is -0.0800. The van der Waals surface area contributed by atoms with E-state index in [-0.39, 0.29) is 5.60 Å². The highest BCUT2D eigenvalue weighted by atomic mass is 16.5. The molecule has 1 saturated heterocycles. The minimum atomic E-state index is 0.0693. The van der Waals surface area contributed by atoms with Gasteiger partial charge in [-0.2, -0.15) is 0 Å². The first kappa shape index (κ1) is 16.3. The summed E-state index contributed by atoms with van der Waals surface area (Å²) < 4.78 is 5.80. The van der Waals surface area contributed by atoms with Crippen molar-refractivity contribution in [3.63, 3.8) is 0 Å². The van der Waals surface area contributed by atoms with Gasteiger partial charge in [0.05, 0.1) is 5.60 Å². The molecule has 1 N–H and O–H groups in total. The van der Waals surface area contributed by atoms with E-state index in [9.17, 15) is 0 Å². The van der Waals surface area contributed by atoms with Gasteiger partial charge in [-0.25, -0.2) is 0 Å². The first-order valence-corrected chi connectivity index (χ1v) is 8.63. The quantitative estimate of drug-likeness (QED) is 0.828. The van der Waals surface area contributed by atoms with Gasteiger partial charge in [-0.3, -0.25) is 0 Å². The Morgan fingerprint density at radius 2 is 1.70 bits per heavy atom. The summed E-state index contributed by atoms with van der Waals surface area (Å²) in [6, 6.07) is 0.666. The van der Waals surface area contributed by atoms with Gasteiger partial charge in [-0.05, 0) is 76.2 Å². The summed E-state index contributed by atoms with van der Waals surface area (Å²) in [6.45, 7) is 13.8. The molecule has 2 fully saturated rings. The van der Waals surface area contributed by atoms with Gasteiger partial charge in [0.25, 0.3) is 0 Å². The molecule has 0 aromatic heterocycles. The van der Waals surface area contributed by atoms with Crippen molar-refractivity contribution in [3.8, 4) is 0 Å². The van der Waals surface area contributed by atoms with Crippen LogP contribution >= 0.6 is 0 Å². The zero-order chi connectivity index (χ0) is 14.8. The maximum absolute atomic E-state index is 5.80. The first-order valence-electron chi connectivity index (χ1n) is 8.63. The van der Waals surface area contributed by atoms with Gasteiger partial charge in [-0.15, -0.1) is 0 Å². The molecule has 0 aromatic rings. The average molecular weight is 281 g/mol. The molecular formula is C18H35NO. The molecule has 1 aliphatic carbocycles. The fourth-order valence-electron chi connectivity index (χ4n) is 3.97. The molecule has 1 aliphatic heterocycles. The predicted molar refractivity (Wildman–Crippen MR) is 86.0 cm³/mol. The molecule has 0 amide bonds. The lowest BCUT2D eigenvalue weighted by atomic mass is 9.70. The van der Waals surface area contributed by atoms with E-state index in [0.717, 1.165) is 24.9 Å². The largest absolute Gasteiger partial charge is 0.375 e. The molecular weight excluding hydrogens is 246 g/mol. The molecule has 1 unspecified atom stereocenters. The Kier molecular flexibility index (Phi) is 5.18. The minimum absolute atomic E-state index is 0.0693. The van der Waals surface area contributed by atoms with Crippen LogP contribution in [0.25, 0.3) is 0 Å². The molecule has 1 atom stereocenters. The molecule has 0 aromatic carbocycles. The fraction of sp³-hybridized carbons (Fsp3) is 1.00. The zero-order valence-corrected chi connectivity index (χ0v) is 14.3. The van der Waals surface area contributed by atoms with E-state index in [1.54, 1.807) is 0 Å². The van der Waals surface area contributed by atoms with Gasteiger partial charge < -0.3 is 10.1 Å². The summed E-state index contributed by atoms with van der Waals surface area (Å²) in [5.74, 6) is 1.83. The lowest BCUT2D eigenvalue weighted by Crippen LogP contribution is -2.45. The van der Waals surface area contributed by atoms with E-state index in [1.807, 2.05) is 0 Å². The topological polar surface area (TPSA) is 21.3 Å². The highest BCUT2D eigenvalue weighted by molar-refractivity contribution is 4.85. The molecule has 0 radical (unpaired) electrons. The van der Waals surface area contributed by atoms with Crippen LogP contribution in [0, 0.1) is 17.3 Å². The molecule has 1 heterocycles. The number of hydrogen-bond donors (Lipinski definition) is 1. The number of nitrogens with one attached hydrogen (secondary N) is 1. The summed E-state index contributed by atoms with van der Waals surface area (Å²) in [7, 11) is 0. The van der Waals surface area contributed by atoms with Crippen molar-refractivity contribution in [2.24, 2.45) is 17.3 Å². The fourth-order valence-corrected chi connectivity index (χ4v) is 3.97. The lowest BCUT2D eigenvalue weighted by Gasteiger charge is -2.39. The molecule has 0 spiro atoms. The van der Waals surface area contributed by atoms with Crippen LogP contribution in [0.2, 0.25) is 0 Å². The van der Waals surface area contributed by atoms with Gasteiger partial charge in [0.2, 0.25) is 0 Å². The first-order chi connectivity index (χ1) is 9.26. The predicted octanol–water partition coefficient (Wildman–Crippen LogP) is 4.39. The Morgan fingerprint density at radius 1 is 1.05 bits per heavy atom. The Balaban J connectivity index is 1.69. The van der Waals surface area contributed by atoms with Crippen molar-refractivity contribution < 1.29 is 4.74 Å². The van der Waals surface area contributed by atoms with Crippen molar-refractivity contribution in [2.45, 2.75) is 84.8 Å². The van der Waals surface area contributed by atoms with Crippen LogP contribution < -0.4 is 5.32 Å². The van der Waals surface area contributed by atoms with Crippen LogP contribution in [-0.4, -0.2) is 24.8 Å².